The number of fused-ring (bicyclic) bond motifs is 1. The van der Waals surface area contributed by atoms with Gasteiger partial charge in [0.2, 0.25) is 0 Å². The highest BCUT2D eigenvalue weighted by atomic mass is 16.5. The molecule has 1 amide bonds. The van der Waals surface area contributed by atoms with Gasteiger partial charge in [-0.1, -0.05) is 6.07 Å². The van der Waals surface area contributed by atoms with Crippen molar-refractivity contribution in [3.8, 4) is 17.2 Å². The number of aryl methyl sites for hydroxylation is 1. The second-order valence-corrected chi connectivity index (χ2v) is 6.57. The largest absolute Gasteiger partial charge is 0.497 e. The topological polar surface area (TPSA) is 69.9 Å². The molecule has 6 heteroatoms. The summed E-state index contributed by atoms with van der Waals surface area (Å²) in [7, 11) is 1.61. The van der Waals surface area contributed by atoms with Gasteiger partial charge < -0.3 is 23.9 Å². The average Bonchev–Trinajstić information content (AvgIpc) is 3.06. The highest BCUT2D eigenvalue weighted by molar-refractivity contribution is 5.99. The van der Waals surface area contributed by atoms with Gasteiger partial charge in [-0.05, 0) is 63.1 Å². The van der Waals surface area contributed by atoms with E-state index in [-0.39, 0.29) is 5.91 Å². The summed E-state index contributed by atoms with van der Waals surface area (Å²) in [5.41, 5.74) is 2.53. The Morgan fingerprint density at radius 2 is 1.79 bits per heavy atom. The third-order valence-corrected chi connectivity index (χ3v) is 4.66. The van der Waals surface area contributed by atoms with E-state index in [2.05, 4.69) is 5.32 Å². The molecule has 0 unspecified atom stereocenters. The minimum atomic E-state index is -0.228. The van der Waals surface area contributed by atoms with Crippen LogP contribution in [0.5, 0.6) is 17.2 Å². The van der Waals surface area contributed by atoms with Crippen molar-refractivity contribution in [1.82, 2.24) is 5.32 Å². The summed E-state index contributed by atoms with van der Waals surface area (Å²) in [5.74, 6) is 2.29. The van der Waals surface area contributed by atoms with Crippen molar-refractivity contribution in [2.24, 2.45) is 0 Å². The van der Waals surface area contributed by atoms with Crippen molar-refractivity contribution in [3.05, 3.63) is 53.3 Å². The van der Waals surface area contributed by atoms with E-state index in [1.807, 2.05) is 57.2 Å². The van der Waals surface area contributed by atoms with Crippen molar-refractivity contribution >= 4 is 16.9 Å². The van der Waals surface area contributed by atoms with Crippen LogP contribution in [0.2, 0.25) is 0 Å². The fraction of sp³-hybridized carbons (Fsp3) is 0.348. The molecule has 1 aromatic heterocycles. The maximum absolute atomic E-state index is 12.6. The molecule has 0 aliphatic carbocycles. The first-order valence-electron chi connectivity index (χ1n) is 9.81. The Labute approximate surface area is 170 Å². The fourth-order valence-electron chi connectivity index (χ4n) is 3.20. The lowest BCUT2D eigenvalue weighted by Crippen LogP contribution is -2.25. The first-order chi connectivity index (χ1) is 14.1. The summed E-state index contributed by atoms with van der Waals surface area (Å²) in [5, 5.41) is 3.81. The molecule has 2 aromatic carbocycles. The normalized spacial score (nSPS) is 10.8. The highest BCUT2D eigenvalue weighted by Gasteiger charge is 2.18. The lowest BCUT2D eigenvalue weighted by molar-refractivity contribution is 0.0928. The van der Waals surface area contributed by atoms with Crippen molar-refractivity contribution in [2.45, 2.75) is 27.2 Å². The molecule has 0 aliphatic heterocycles. The van der Waals surface area contributed by atoms with Crippen LogP contribution in [0.3, 0.4) is 0 Å². The van der Waals surface area contributed by atoms with E-state index in [4.69, 9.17) is 18.6 Å². The Morgan fingerprint density at radius 3 is 2.52 bits per heavy atom. The van der Waals surface area contributed by atoms with Crippen molar-refractivity contribution in [2.75, 3.05) is 26.9 Å². The summed E-state index contributed by atoms with van der Waals surface area (Å²) < 4.78 is 22.2. The van der Waals surface area contributed by atoms with Gasteiger partial charge in [0.25, 0.3) is 5.91 Å². The van der Waals surface area contributed by atoms with Gasteiger partial charge >= 0.3 is 0 Å². The quantitative estimate of drug-likeness (QED) is 0.575. The van der Waals surface area contributed by atoms with E-state index >= 15 is 0 Å². The van der Waals surface area contributed by atoms with Crippen LogP contribution in [0.15, 0.2) is 40.8 Å². The van der Waals surface area contributed by atoms with Gasteiger partial charge in [0.05, 0.1) is 20.3 Å². The SMILES string of the molecule is CCOc1ccc(CCNC(=O)c2oc3ccc(OC)cc3c2C)cc1OCC. The summed E-state index contributed by atoms with van der Waals surface area (Å²) >= 11 is 0. The molecule has 0 spiro atoms. The van der Waals surface area contributed by atoms with Gasteiger partial charge in [0.15, 0.2) is 17.3 Å². The number of methoxy groups -OCH3 is 1. The van der Waals surface area contributed by atoms with Gasteiger partial charge in [0, 0.05) is 17.5 Å². The Hall–Kier alpha value is -3.15. The Bertz CT molecular complexity index is 992. The van der Waals surface area contributed by atoms with Gasteiger partial charge in [-0.15, -0.1) is 0 Å². The summed E-state index contributed by atoms with van der Waals surface area (Å²) in [4.78, 5) is 12.6. The van der Waals surface area contributed by atoms with E-state index < -0.39 is 0 Å². The third-order valence-electron chi connectivity index (χ3n) is 4.66. The fourth-order valence-corrected chi connectivity index (χ4v) is 3.20. The van der Waals surface area contributed by atoms with Crippen LogP contribution < -0.4 is 19.5 Å². The lowest BCUT2D eigenvalue weighted by atomic mass is 10.1. The predicted octanol–water partition coefficient (Wildman–Crippen LogP) is 4.52. The van der Waals surface area contributed by atoms with Crippen molar-refractivity contribution in [3.63, 3.8) is 0 Å². The molecule has 3 aromatic rings. The zero-order valence-electron chi connectivity index (χ0n) is 17.3. The first-order valence-corrected chi connectivity index (χ1v) is 9.81. The predicted molar refractivity (Wildman–Crippen MR) is 112 cm³/mol. The monoisotopic (exact) mass is 397 g/mol. The highest BCUT2D eigenvalue weighted by Crippen LogP contribution is 2.30. The minimum absolute atomic E-state index is 0.228. The molecule has 0 atom stereocenters. The molecule has 0 fully saturated rings. The molecule has 0 bridgehead atoms. The molecular weight excluding hydrogens is 370 g/mol. The van der Waals surface area contributed by atoms with Crippen molar-refractivity contribution < 1.29 is 23.4 Å². The average molecular weight is 397 g/mol. The molecule has 6 nitrogen and oxygen atoms in total. The Morgan fingerprint density at radius 1 is 1.03 bits per heavy atom. The molecule has 1 N–H and O–H groups in total. The molecule has 3 rings (SSSR count). The number of carbonyl (C=O) groups is 1. The van der Waals surface area contributed by atoms with E-state index in [1.54, 1.807) is 7.11 Å². The lowest BCUT2D eigenvalue weighted by Gasteiger charge is -2.12. The molecule has 0 radical (unpaired) electrons. The minimum Gasteiger partial charge on any atom is -0.497 e. The molecule has 0 saturated carbocycles. The summed E-state index contributed by atoms with van der Waals surface area (Å²) in [6.45, 7) is 7.39. The van der Waals surface area contributed by atoms with Crippen LogP contribution in [0.25, 0.3) is 11.0 Å². The number of nitrogens with one attached hydrogen (secondary N) is 1. The zero-order valence-corrected chi connectivity index (χ0v) is 17.3. The van der Waals surface area contributed by atoms with E-state index in [1.165, 1.54) is 0 Å². The van der Waals surface area contributed by atoms with E-state index in [0.29, 0.717) is 37.5 Å². The third kappa shape index (κ3) is 4.65. The molecule has 1 heterocycles. The second-order valence-electron chi connectivity index (χ2n) is 6.57. The molecule has 29 heavy (non-hydrogen) atoms. The van der Waals surface area contributed by atoms with E-state index in [0.717, 1.165) is 33.8 Å². The van der Waals surface area contributed by atoms with Gasteiger partial charge in [0.1, 0.15) is 11.3 Å². The maximum atomic E-state index is 12.6. The van der Waals surface area contributed by atoms with Crippen LogP contribution in [-0.4, -0.2) is 32.8 Å². The van der Waals surface area contributed by atoms with Crippen LogP contribution in [0.4, 0.5) is 0 Å². The molecule has 0 aliphatic rings. The van der Waals surface area contributed by atoms with Crippen LogP contribution in [0.1, 0.15) is 35.5 Å². The summed E-state index contributed by atoms with van der Waals surface area (Å²) in [6, 6.07) is 11.3. The Balaban J connectivity index is 1.66. The van der Waals surface area contributed by atoms with Gasteiger partial charge in [-0.2, -0.15) is 0 Å². The first kappa shape index (κ1) is 20.6. The van der Waals surface area contributed by atoms with Crippen LogP contribution in [-0.2, 0) is 6.42 Å². The Kier molecular flexibility index (Phi) is 6.65. The molecular formula is C23H27NO5. The smallest absolute Gasteiger partial charge is 0.287 e. The standard InChI is InChI=1S/C23H27NO5/c1-5-27-20-9-7-16(13-21(20)28-6-2)11-12-24-23(25)22-15(3)18-14-17(26-4)8-10-19(18)29-22/h7-10,13-14H,5-6,11-12H2,1-4H3,(H,24,25). The number of hydrogen-bond acceptors (Lipinski definition) is 5. The van der Waals surface area contributed by atoms with Gasteiger partial charge in [-0.25, -0.2) is 0 Å². The van der Waals surface area contributed by atoms with Crippen LogP contribution >= 0.6 is 0 Å². The number of hydrogen-bond donors (Lipinski definition) is 1. The second kappa shape index (κ2) is 9.37. The number of amides is 1. The van der Waals surface area contributed by atoms with Crippen molar-refractivity contribution in [1.29, 1.82) is 0 Å². The maximum Gasteiger partial charge on any atom is 0.287 e. The van der Waals surface area contributed by atoms with E-state index in [9.17, 15) is 4.79 Å². The van der Waals surface area contributed by atoms with Crippen LogP contribution in [0, 0.1) is 6.92 Å². The number of benzene rings is 2. The molecule has 0 saturated heterocycles. The number of rotatable bonds is 9. The molecule has 154 valence electrons. The number of furan rings is 1. The number of ether oxygens (including phenoxy) is 3. The number of carbonyl (C=O) groups excluding carboxylic acids is 1. The van der Waals surface area contributed by atoms with Gasteiger partial charge in [-0.3, -0.25) is 4.79 Å². The summed E-state index contributed by atoms with van der Waals surface area (Å²) in [6.07, 6.45) is 0.672. The zero-order chi connectivity index (χ0) is 20.8.